The topological polar surface area (TPSA) is 41.5 Å². The summed E-state index contributed by atoms with van der Waals surface area (Å²) in [7, 11) is 0. The van der Waals surface area contributed by atoms with E-state index in [1.807, 2.05) is 0 Å². The van der Waals surface area contributed by atoms with Crippen LogP contribution in [0.1, 0.15) is 32.1 Å². The first-order chi connectivity index (χ1) is 6.90. The van der Waals surface area contributed by atoms with Crippen molar-refractivity contribution in [2.24, 2.45) is 5.92 Å². The molecule has 3 nitrogen and oxygen atoms in total. The maximum Gasteiger partial charge on any atom is 0.0480 e. The van der Waals surface area contributed by atoms with Gasteiger partial charge in [-0.15, -0.1) is 0 Å². The molecule has 1 heterocycles. The summed E-state index contributed by atoms with van der Waals surface area (Å²) in [5.41, 5.74) is 0. The van der Waals surface area contributed by atoms with Gasteiger partial charge in [-0.1, -0.05) is 0 Å². The standard InChI is InChI=1S/C11H21NO2/c13-6-3-11(9-1-2-9)12-10-4-7-14-8-5-10/h9-13H,1-8H2. The summed E-state index contributed by atoms with van der Waals surface area (Å²) in [5, 5.41) is 12.7. The number of ether oxygens (including phenoxy) is 1. The quantitative estimate of drug-likeness (QED) is 0.691. The zero-order chi connectivity index (χ0) is 9.80. The van der Waals surface area contributed by atoms with Gasteiger partial charge in [-0.3, -0.25) is 0 Å². The van der Waals surface area contributed by atoms with E-state index in [4.69, 9.17) is 9.84 Å². The van der Waals surface area contributed by atoms with Gasteiger partial charge in [0.25, 0.3) is 0 Å². The Morgan fingerprint density at radius 1 is 1.21 bits per heavy atom. The normalized spacial score (nSPS) is 26.4. The van der Waals surface area contributed by atoms with Crippen molar-refractivity contribution in [1.29, 1.82) is 0 Å². The molecule has 14 heavy (non-hydrogen) atoms. The summed E-state index contributed by atoms with van der Waals surface area (Å²) < 4.78 is 5.33. The molecule has 1 unspecified atom stereocenters. The van der Waals surface area contributed by atoms with Crippen LogP contribution in [0, 0.1) is 5.92 Å². The molecule has 82 valence electrons. The van der Waals surface area contributed by atoms with Gasteiger partial charge in [-0.25, -0.2) is 0 Å². The van der Waals surface area contributed by atoms with Crippen LogP contribution in [0.2, 0.25) is 0 Å². The Hall–Kier alpha value is -0.120. The Kier molecular flexibility index (Phi) is 3.79. The first-order valence-corrected chi connectivity index (χ1v) is 5.85. The van der Waals surface area contributed by atoms with Gasteiger partial charge in [0.1, 0.15) is 0 Å². The van der Waals surface area contributed by atoms with E-state index >= 15 is 0 Å². The predicted octanol–water partition coefficient (Wildman–Crippen LogP) is 0.916. The second-order valence-corrected chi connectivity index (χ2v) is 4.51. The van der Waals surface area contributed by atoms with Crippen LogP contribution in [-0.2, 0) is 4.74 Å². The largest absolute Gasteiger partial charge is 0.396 e. The molecule has 0 aromatic heterocycles. The molecule has 1 saturated heterocycles. The lowest BCUT2D eigenvalue weighted by molar-refractivity contribution is 0.0726. The monoisotopic (exact) mass is 199 g/mol. The summed E-state index contributed by atoms with van der Waals surface area (Å²) in [6.07, 6.45) is 5.88. The van der Waals surface area contributed by atoms with E-state index in [0.717, 1.165) is 38.4 Å². The highest BCUT2D eigenvalue weighted by molar-refractivity contribution is 4.88. The number of aliphatic hydroxyl groups excluding tert-OH is 1. The third-order valence-electron chi connectivity index (χ3n) is 3.30. The van der Waals surface area contributed by atoms with Crippen molar-refractivity contribution in [3.63, 3.8) is 0 Å². The molecule has 0 radical (unpaired) electrons. The van der Waals surface area contributed by atoms with Crippen molar-refractivity contribution in [2.75, 3.05) is 19.8 Å². The molecule has 2 N–H and O–H groups in total. The van der Waals surface area contributed by atoms with Crippen LogP contribution in [-0.4, -0.2) is 37.0 Å². The lowest BCUT2D eigenvalue weighted by Crippen LogP contribution is -2.43. The van der Waals surface area contributed by atoms with Crippen molar-refractivity contribution in [3.05, 3.63) is 0 Å². The van der Waals surface area contributed by atoms with Crippen LogP contribution in [0.4, 0.5) is 0 Å². The average Bonchev–Trinajstić information content (AvgIpc) is 3.02. The lowest BCUT2D eigenvalue weighted by atomic mass is 10.0. The Labute approximate surface area is 85.8 Å². The molecular weight excluding hydrogens is 178 g/mol. The minimum absolute atomic E-state index is 0.317. The molecule has 0 spiro atoms. The van der Waals surface area contributed by atoms with Gasteiger partial charge >= 0.3 is 0 Å². The third kappa shape index (κ3) is 2.94. The lowest BCUT2D eigenvalue weighted by Gasteiger charge is -2.28. The van der Waals surface area contributed by atoms with Gasteiger partial charge in [-0.05, 0) is 38.0 Å². The maximum absolute atomic E-state index is 8.98. The smallest absolute Gasteiger partial charge is 0.0480 e. The number of aliphatic hydroxyl groups is 1. The van der Waals surface area contributed by atoms with Gasteiger partial charge in [0, 0.05) is 31.9 Å². The fourth-order valence-electron chi connectivity index (χ4n) is 2.26. The molecule has 1 aliphatic carbocycles. The highest BCUT2D eigenvalue weighted by atomic mass is 16.5. The molecule has 2 rings (SSSR count). The highest BCUT2D eigenvalue weighted by Gasteiger charge is 2.32. The van der Waals surface area contributed by atoms with Gasteiger partial charge in [0.05, 0.1) is 0 Å². The minimum atomic E-state index is 0.317. The summed E-state index contributed by atoms with van der Waals surface area (Å²) >= 11 is 0. The molecule has 1 saturated carbocycles. The summed E-state index contributed by atoms with van der Waals surface area (Å²) in [4.78, 5) is 0. The second-order valence-electron chi connectivity index (χ2n) is 4.51. The predicted molar refractivity (Wildman–Crippen MR) is 55.2 cm³/mol. The van der Waals surface area contributed by atoms with E-state index in [0.29, 0.717) is 18.7 Å². The first-order valence-electron chi connectivity index (χ1n) is 5.85. The highest BCUT2D eigenvalue weighted by Crippen LogP contribution is 2.34. The Morgan fingerprint density at radius 3 is 2.50 bits per heavy atom. The van der Waals surface area contributed by atoms with E-state index in [1.165, 1.54) is 12.8 Å². The van der Waals surface area contributed by atoms with Gasteiger partial charge < -0.3 is 15.2 Å². The van der Waals surface area contributed by atoms with Crippen LogP contribution in [0.3, 0.4) is 0 Å². The van der Waals surface area contributed by atoms with Crippen molar-refractivity contribution in [2.45, 2.75) is 44.2 Å². The van der Waals surface area contributed by atoms with Crippen LogP contribution >= 0.6 is 0 Å². The number of nitrogens with one attached hydrogen (secondary N) is 1. The SMILES string of the molecule is OCCC(NC1CCOCC1)C1CC1. The van der Waals surface area contributed by atoms with Gasteiger partial charge in [0.2, 0.25) is 0 Å². The van der Waals surface area contributed by atoms with Gasteiger partial charge in [0.15, 0.2) is 0 Å². The van der Waals surface area contributed by atoms with Crippen LogP contribution in [0.25, 0.3) is 0 Å². The van der Waals surface area contributed by atoms with Gasteiger partial charge in [-0.2, -0.15) is 0 Å². The zero-order valence-corrected chi connectivity index (χ0v) is 8.74. The molecule has 3 heteroatoms. The van der Waals surface area contributed by atoms with E-state index in [2.05, 4.69) is 5.32 Å². The van der Waals surface area contributed by atoms with E-state index in [1.54, 1.807) is 0 Å². The maximum atomic E-state index is 8.98. The number of rotatable bonds is 5. The fourth-order valence-corrected chi connectivity index (χ4v) is 2.26. The molecule has 0 bridgehead atoms. The minimum Gasteiger partial charge on any atom is -0.396 e. The Morgan fingerprint density at radius 2 is 1.93 bits per heavy atom. The van der Waals surface area contributed by atoms with E-state index in [9.17, 15) is 0 Å². The fraction of sp³-hybridized carbons (Fsp3) is 1.00. The molecule has 2 fully saturated rings. The summed E-state index contributed by atoms with van der Waals surface area (Å²) in [6.45, 7) is 2.11. The molecule has 0 amide bonds. The average molecular weight is 199 g/mol. The van der Waals surface area contributed by atoms with Crippen molar-refractivity contribution >= 4 is 0 Å². The molecule has 1 aliphatic heterocycles. The Balaban J connectivity index is 1.73. The first kappa shape index (κ1) is 10.4. The zero-order valence-electron chi connectivity index (χ0n) is 8.74. The molecular formula is C11H21NO2. The van der Waals surface area contributed by atoms with E-state index < -0.39 is 0 Å². The van der Waals surface area contributed by atoms with Crippen molar-refractivity contribution in [1.82, 2.24) is 5.32 Å². The van der Waals surface area contributed by atoms with E-state index in [-0.39, 0.29) is 0 Å². The molecule has 1 atom stereocenters. The number of hydrogen-bond acceptors (Lipinski definition) is 3. The number of hydrogen-bond donors (Lipinski definition) is 2. The van der Waals surface area contributed by atoms with Crippen LogP contribution in [0.5, 0.6) is 0 Å². The van der Waals surface area contributed by atoms with Crippen LogP contribution < -0.4 is 5.32 Å². The second kappa shape index (κ2) is 5.10. The summed E-state index contributed by atoms with van der Waals surface area (Å²) in [5.74, 6) is 0.838. The molecule has 2 aliphatic rings. The molecule has 0 aromatic carbocycles. The summed E-state index contributed by atoms with van der Waals surface area (Å²) in [6, 6.07) is 1.18. The van der Waals surface area contributed by atoms with Crippen LogP contribution in [0.15, 0.2) is 0 Å². The Bertz CT molecular complexity index is 165. The van der Waals surface area contributed by atoms with Crippen molar-refractivity contribution in [3.8, 4) is 0 Å². The molecule has 0 aromatic rings. The van der Waals surface area contributed by atoms with Crippen molar-refractivity contribution < 1.29 is 9.84 Å². The third-order valence-corrected chi connectivity index (χ3v) is 3.30.